The van der Waals surface area contributed by atoms with Crippen LogP contribution in [0, 0.1) is 0 Å². The van der Waals surface area contributed by atoms with E-state index in [1.54, 1.807) is 0 Å². The Morgan fingerprint density at radius 2 is 1.86 bits per heavy atom. The third-order valence-electron chi connectivity index (χ3n) is 4.29. The maximum atomic E-state index is 12.4. The number of rotatable bonds is 4. The van der Waals surface area contributed by atoms with Gasteiger partial charge in [-0.05, 0) is 31.7 Å². The van der Waals surface area contributed by atoms with Crippen LogP contribution in [0.5, 0.6) is 0 Å². The average molecular weight is 311 g/mol. The van der Waals surface area contributed by atoms with E-state index in [2.05, 4.69) is 10.3 Å². The lowest BCUT2D eigenvalue weighted by molar-refractivity contribution is 0.0933. The zero-order chi connectivity index (χ0) is 14.9. The molecule has 1 saturated carbocycles. The Labute approximate surface area is 125 Å². The van der Waals surface area contributed by atoms with Gasteiger partial charge in [-0.3, -0.25) is 4.79 Å². The summed E-state index contributed by atoms with van der Waals surface area (Å²) in [7, 11) is -3.46. The molecule has 2 fully saturated rings. The molecule has 21 heavy (non-hydrogen) atoms. The number of amides is 1. The summed E-state index contributed by atoms with van der Waals surface area (Å²) < 4.78 is 26.3. The van der Waals surface area contributed by atoms with Gasteiger partial charge in [0, 0.05) is 25.3 Å². The number of nitrogens with one attached hydrogen (secondary N) is 2. The molecule has 116 valence electrons. The topological polar surface area (TPSA) is 82.3 Å². The van der Waals surface area contributed by atoms with Crippen LogP contribution < -0.4 is 5.32 Å². The molecule has 1 aromatic heterocycles. The molecule has 7 heteroatoms. The van der Waals surface area contributed by atoms with Gasteiger partial charge in [-0.1, -0.05) is 12.8 Å². The van der Waals surface area contributed by atoms with Crippen molar-refractivity contribution in [2.24, 2.45) is 0 Å². The third-order valence-corrected chi connectivity index (χ3v) is 6.17. The van der Waals surface area contributed by atoms with Crippen molar-refractivity contribution >= 4 is 15.9 Å². The van der Waals surface area contributed by atoms with Crippen molar-refractivity contribution in [3.05, 3.63) is 18.0 Å². The Kier molecular flexibility index (Phi) is 4.03. The summed E-state index contributed by atoms with van der Waals surface area (Å²) in [5, 5.41) is 2.95. The highest BCUT2D eigenvalue weighted by Gasteiger charge is 2.29. The molecule has 2 aliphatic rings. The van der Waals surface area contributed by atoms with E-state index >= 15 is 0 Å². The van der Waals surface area contributed by atoms with E-state index in [1.165, 1.54) is 16.6 Å². The Balaban J connectivity index is 1.71. The van der Waals surface area contributed by atoms with Crippen LogP contribution in [-0.2, 0) is 10.0 Å². The fraction of sp³-hybridized carbons (Fsp3) is 0.643. The summed E-state index contributed by atoms with van der Waals surface area (Å²) in [6.45, 7) is 1.13. The molecule has 6 nitrogen and oxygen atoms in total. The van der Waals surface area contributed by atoms with E-state index in [-0.39, 0.29) is 16.8 Å². The fourth-order valence-corrected chi connectivity index (χ4v) is 4.58. The Hall–Kier alpha value is -1.34. The Morgan fingerprint density at radius 1 is 1.19 bits per heavy atom. The van der Waals surface area contributed by atoms with Gasteiger partial charge in [0.15, 0.2) is 0 Å². The van der Waals surface area contributed by atoms with Gasteiger partial charge < -0.3 is 10.3 Å². The lowest BCUT2D eigenvalue weighted by Crippen LogP contribution is -2.32. The van der Waals surface area contributed by atoms with E-state index in [1.807, 2.05) is 0 Å². The van der Waals surface area contributed by atoms with Crippen molar-refractivity contribution in [1.82, 2.24) is 14.6 Å². The van der Waals surface area contributed by atoms with Crippen molar-refractivity contribution < 1.29 is 13.2 Å². The lowest BCUT2D eigenvalue weighted by atomic mass is 10.2. The molecule has 3 rings (SSSR count). The van der Waals surface area contributed by atoms with E-state index in [0.717, 1.165) is 38.5 Å². The van der Waals surface area contributed by atoms with E-state index < -0.39 is 10.0 Å². The quantitative estimate of drug-likeness (QED) is 0.883. The van der Waals surface area contributed by atoms with Gasteiger partial charge in [-0.15, -0.1) is 0 Å². The summed E-state index contributed by atoms with van der Waals surface area (Å²) in [6.07, 6.45) is 7.51. The number of aromatic amines is 1. The molecule has 1 amide bonds. The molecule has 0 bridgehead atoms. The number of hydrogen-bond acceptors (Lipinski definition) is 3. The molecule has 2 N–H and O–H groups in total. The largest absolute Gasteiger partial charge is 0.356 e. The standard InChI is InChI=1S/C14H21N3O3S/c18-14(16-11-5-1-2-6-11)13-9-12(10-15-13)21(19,20)17-7-3-4-8-17/h9-11,15H,1-8H2,(H,16,18). The smallest absolute Gasteiger partial charge is 0.267 e. The van der Waals surface area contributed by atoms with Crippen molar-refractivity contribution in [3.8, 4) is 0 Å². The first-order chi connectivity index (χ1) is 10.1. The Bertz CT molecular complexity index is 611. The second-order valence-electron chi connectivity index (χ2n) is 5.82. The first kappa shape index (κ1) is 14.6. The minimum absolute atomic E-state index is 0.181. The van der Waals surface area contributed by atoms with Crippen LogP contribution in [0.2, 0.25) is 0 Å². The number of nitrogens with zero attached hydrogens (tertiary/aromatic N) is 1. The molecule has 2 heterocycles. The second-order valence-corrected chi connectivity index (χ2v) is 7.75. The van der Waals surface area contributed by atoms with Crippen molar-refractivity contribution in [3.63, 3.8) is 0 Å². The summed E-state index contributed by atoms with van der Waals surface area (Å²) in [6, 6.07) is 1.66. The summed E-state index contributed by atoms with van der Waals surface area (Å²) in [4.78, 5) is 15.1. The van der Waals surface area contributed by atoms with Crippen LogP contribution >= 0.6 is 0 Å². The normalized spacial score (nSPS) is 21.0. The molecule has 0 spiro atoms. The fourth-order valence-electron chi connectivity index (χ4n) is 3.07. The predicted octanol–water partition coefficient (Wildman–Crippen LogP) is 1.47. The number of sulfonamides is 1. The maximum Gasteiger partial charge on any atom is 0.267 e. The highest BCUT2D eigenvalue weighted by atomic mass is 32.2. The molecule has 1 aromatic rings. The number of carbonyl (C=O) groups excluding carboxylic acids is 1. The monoisotopic (exact) mass is 311 g/mol. The number of hydrogen-bond donors (Lipinski definition) is 2. The van der Waals surface area contributed by atoms with Gasteiger partial charge in [0.2, 0.25) is 10.0 Å². The summed E-state index contributed by atoms with van der Waals surface area (Å²) in [5.74, 6) is -0.218. The average Bonchev–Trinajstić information content (AvgIpc) is 3.20. The molecule has 0 unspecified atom stereocenters. The molecule has 1 aliphatic carbocycles. The van der Waals surface area contributed by atoms with Gasteiger partial charge in [0.05, 0.1) is 0 Å². The molecule has 1 saturated heterocycles. The van der Waals surface area contributed by atoms with Crippen LogP contribution in [-0.4, -0.2) is 42.7 Å². The number of H-pyrrole nitrogens is 1. The predicted molar refractivity (Wildman–Crippen MR) is 78.5 cm³/mol. The third kappa shape index (κ3) is 2.98. The van der Waals surface area contributed by atoms with Crippen LogP contribution in [0.3, 0.4) is 0 Å². The molecular formula is C14H21N3O3S. The van der Waals surface area contributed by atoms with Crippen LogP contribution in [0.25, 0.3) is 0 Å². The van der Waals surface area contributed by atoms with Crippen LogP contribution in [0.4, 0.5) is 0 Å². The number of aromatic nitrogens is 1. The van der Waals surface area contributed by atoms with Crippen LogP contribution in [0.15, 0.2) is 17.2 Å². The first-order valence-electron chi connectivity index (χ1n) is 7.57. The lowest BCUT2D eigenvalue weighted by Gasteiger charge is -2.13. The number of carbonyl (C=O) groups is 1. The molecular weight excluding hydrogens is 290 g/mol. The first-order valence-corrected chi connectivity index (χ1v) is 9.01. The van der Waals surface area contributed by atoms with Crippen molar-refractivity contribution in [2.45, 2.75) is 49.5 Å². The molecule has 0 radical (unpaired) electrons. The minimum atomic E-state index is -3.46. The zero-order valence-electron chi connectivity index (χ0n) is 12.0. The van der Waals surface area contributed by atoms with Gasteiger partial charge in [0.1, 0.15) is 10.6 Å². The van der Waals surface area contributed by atoms with E-state index in [4.69, 9.17) is 0 Å². The van der Waals surface area contributed by atoms with Crippen molar-refractivity contribution in [2.75, 3.05) is 13.1 Å². The van der Waals surface area contributed by atoms with Crippen LogP contribution in [0.1, 0.15) is 49.0 Å². The maximum absolute atomic E-state index is 12.4. The van der Waals surface area contributed by atoms with Crippen molar-refractivity contribution in [1.29, 1.82) is 0 Å². The SMILES string of the molecule is O=C(NC1CCCC1)c1cc(S(=O)(=O)N2CCCC2)c[nH]1. The van der Waals surface area contributed by atoms with E-state index in [9.17, 15) is 13.2 Å². The van der Waals surface area contributed by atoms with Gasteiger partial charge in [0.25, 0.3) is 5.91 Å². The highest BCUT2D eigenvalue weighted by Crippen LogP contribution is 2.22. The minimum Gasteiger partial charge on any atom is -0.356 e. The van der Waals surface area contributed by atoms with Gasteiger partial charge in [-0.25, -0.2) is 8.42 Å². The zero-order valence-corrected chi connectivity index (χ0v) is 12.8. The summed E-state index contributed by atoms with van der Waals surface area (Å²) in [5.41, 5.74) is 0.319. The Morgan fingerprint density at radius 3 is 2.52 bits per heavy atom. The highest BCUT2D eigenvalue weighted by molar-refractivity contribution is 7.89. The van der Waals surface area contributed by atoms with Gasteiger partial charge >= 0.3 is 0 Å². The van der Waals surface area contributed by atoms with E-state index in [0.29, 0.717) is 18.8 Å². The van der Waals surface area contributed by atoms with Gasteiger partial charge in [-0.2, -0.15) is 4.31 Å². The molecule has 0 atom stereocenters. The molecule has 0 aromatic carbocycles. The second kappa shape index (κ2) is 5.81. The summed E-state index contributed by atoms with van der Waals surface area (Å²) >= 11 is 0. The molecule has 1 aliphatic heterocycles.